The van der Waals surface area contributed by atoms with Crippen molar-refractivity contribution in [1.82, 2.24) is 15.3 Å². The molecule has 2 heterocycles. The summed E-state index contributed by atoms with van der Waals surface area (Å²) < 4.78 is 24.7. The molecule has 33 heavy (non-hydrogen) atoms. The van der Waals surface area contributed by atoms with Gasteiger partial charge in [0.05, 0.1) is 30.8 Å². The Labute approximate surface area is 193 Å². The molecule has 3 aromatic rings. The Morgan fingerprint density at radius 1 is 1.15 bits per heavy atom. The van der Waals surface area contributed by atoms with E-state index in [1.165, 1.54) is 12.3 Å². The van der Waals surface area contributed by atoms with Crippen LogP contribution >= 0.6 is 0 Å². The zero-order chi connectivity index (χ0) is 23.2. The van der Waals surface area contributed by atoms with Crippen molar-refractivity contribution in [3.05, 3.63) is 65.7 Å². The summed E-state index contributed by atoms with van der Waals surface area (Å²) in [7, 11) is 1.54. The molecule has 1 aliphatic rings. The van der Waals surface area contributed by atoms with Crippen molar-refractivity contribution < 1.29 is 18.7 Å². The maximum absolute atomic E-state index is 13.9. The predicted octanol–water partition coefficient (Wildman–Crippen LogP) is 4.89. The number of halogens is 1. The van der Waals surface area contributed by atoms with Gasteiger partial charge < -0.3 is 14.8 Å². The summed E-state index contributed by atoms with van der Waals surface area (Å²) in [6.07, 6.45) is 7.20. The Morgan fingerprint density at radius 2 is 1.97 bits per heavy atom. The normalized spacial score (nSPS) is 19.2. The summed E-state index contributed by atoms with van der Waals surface area (Å²) in [5.74, 6) is 0.736. The van der Waals surface area contributed by atoms with E-state index in [2.05, 4.69) is 15.3 Å². The minimum atomic E-state index is -0.238. The lowest BCUT2D eigenvalue weighted by Crippen LogP contribution is -2.44. The minimum absolute atomic E-state index is 0.0767. The molecule has 1 N–H and O–H groups in total. The van der Waals surface area contributed by atoms with Crippen LogP contribution in [0.5, 0.6) is 5.88 Å². The largest absolute Gasteiger partial charge is 0.481 e. The smallest absolute Gasteiger partial charge is 0.253 e. The summed E-state index contributed by atoms with van der Waals surface area (Å²) in [5.41, 5.74) is 2.48. The van der Waals surface area contributed by atoms with E-state index in [-0.39, 0.29) is 17.8 Å². The van der Waals surface area contributed by atoms with Crippen molar-refractivity contribution in [2.45, 2.75) is 44.6 Å². The van der Waals surface area contributed by atoms with E-state index < -0.39 is 0 Å². The second-order valence-corrected chi connectivity index (χ2v) is 8.50. The fraction of sp³-hybridized carbons (Fsp3) is 0.423. The van der Waals surface area contributed by atoms with E-state index in [0.717, 1.165) is 42.1 Å². The van der Waals surface area contributed by atoms with Gasteiger partial charge in [0, 0.05) is 30.5 Å². The van der Waals surface area contributed by atoms with Crippen LogP contribution in [0.15, 0.2) is 48.8 Å². The van der Waals surface area contributed by atoms with Crippen molar-refractivity contribution in [3.63, 3.8) is 0 Å². The number of nitrogens with zero attached hydrogens (tertiary/aromatic N) is 2. The third kappa shape index (κ3) is 5.47. The van der Waals surface area contributed by atoms with Crippen LogP contribution in [0.4, 0.5) is 4.39 Å². The molecule has 1 aromatic carbocycles. The first-order valence-corrected chi connectivity index (χ1v) is 11.5. The molecule has 4 rings (SSSR count). The fourth-order valence-electron chi connectivity index (χ4n) is 4.76. The number of hydrogen-bond donors (Lipinski definition) is 1. The number of ether oxygens (including phenoxy) is 2. The average Bonchev–Trinajstić information content (AvgIpc) is 2.86. The molecule has 1 atom stereocenters. The van der Waals surface area contributed by atoms with Gasteiger partial charge in [-0.15, -0.1) is 0 Å². The van der Waals surface area contributed by atoms with Gasteiger partial charge in [-0.3, -0.25) is 9.78 Å². The van der Waals surface area contributed by atoms with Crippen LogP contribution in [0.1, 0.15) is 54.4 Å². The molecule has 2 aromatic heterocycles. The Kier molecular flexibility index (Phi) is 7.50. The van der Waals surface area contributed by atoms with Crippen molar-refractivity contribution in [2.75, 3.05) is 20.3 Å². The topological polar surface area (TPSA) is 73.3 Å². The lowest BCUT2D eigenvalue weighted by atomic mass is 9.75. The number of methoxy groups -OCH3 is 1. The standard InChI is InChI=1S/C26H30FN3O3/c1-3-33-16-24(30-26(31)19-8-11-25(32-2)29-15-19)18-6-4-17(5-7-18)21-12-13-28-23-10-9-20(27)14-22(21)23/h8-15,17-18,24H,3-7,16H2,1-2H3,(H,30,31)/t17?,18?,24-/m1/s1. The quantitative estimate of drug-likeness (QED) is 0.528. The summed E-state index contributed by atoms with van der Waals surface area (Å²) in [6.45, 7) is 3.03. The third-order valence-corrected chi connectivity index (χ3v) is 6.54. The van der Waals surface area contributed by atoms with Crippen LogP contribution in [-0.4, -0.2) is 42.2 Å². The van der Waals surface area contributed by atoms with E-state index in [1.807, 2.05) is 19.2 Å². The van der Waals surface area contributed by atoms with Gasteiger partial charge in [-0.2, -0.15) is 0 Å². The number of carbonyl (C=O) groups excluding carboxylic acids is 1. The van der Waals surface area contributed by atoms with Crippen LogP contribution < -0.4 is 10.1 Å². The molecular formula is C26H30FN3O3. The van der Waals surface area contributed by atoms with Gasteiger partial charge in [-0.25, -0.2) is 9.37 Å². The molecular weight excluding hydrogens is 421 g/mol. The Balaban J connectivity index is 1.44. The molecule has 1 saturated carbocycles. The van der Waals surface area contributed by atoms with Crippen molar-refractivity contribution >= 4 is 16.8 Å². The highest BCUT2D eigenvalue weighted by atomic mass is 19.1. The fourth-order valence-corrected chi connectivity index (χ4v) is 4.76. The second kappa shape index (κ2) is 10.7. The molecule has 6 nitrogen and oxygen atoms in total. The molecule has 1 fully saturated rings. The molecule has 0 bridgehead atoms. The molecule has 0 spiro atoms. The first kappa shape index (κ1) is 23.1. The highest BCUT2D eigenvalue weighted by Crippen LogP contribution is 2.39. The number of rotatable bonds is 8. The number of pyridine rings is 2. The van der Waals surface area contributed by atoms with Gasteiger partial charge in [0.25, 0.3) is 5.91 Å². The molecule has 0 saturated heterocycles. The molecule has 1 aliphatic carbocycles. The van der Waals surface area contributed by atoms with Gasteiger partial charge in [0.1, 0.15) is 5.82 Å². The number of carbonyl (C=O) groups is 1. The maximum atomic E-state index is 13.9. The molecule has 7 heteroatoms. The Bertz CT molecular complexity index is 1080. The highest BCUT2D eigenvalue weighted by molar-refractivity contribution is 5.94. The predicted molar refractivity (Wildman–Crippen MR) is 125 cm³/mol. The number of hydrogen-bond acceptors (Lipinski definition) is 5. The number of benzene rings is 1. The van der Waals surface area contributed by atoms with Gasteiger partial charge in [0.15, 0.2) is 0 Å². The average molecular weight is 452 g/mol. The minimum Gasteiger partial charge on any atom is -0.481 e. The van der Waals surface area contributed by atoms with Crippen molar-refractivity contribution in [3.8, 4) is 5.88 Å². The van der Waals surface area contributed by atoms with Crippen LogP contribution in [-0.2, 0) is 4.74 Å². The van der Waals surface area contributed by atoms with E-state index in [9.17, 15) is 9.18 Å². The monoisotopic (exact) mass is 451 g/mol. The van der Waals surface area contributed by atoms with Gasteiger partial charge >= 0.3 is 0 Å². The maximum Gasteiger partial charge on any atom is 0.253 e. The molecule has 1 amide bonds. The highest BCUT2D eigenvalue weighted by Gasteiger charge is 2.30. The van der Waals surface area contributed by atoms with Crippen LogP contribution in [0, 0.1) is 11.7 Å². The van der Waals surface area contributed by atoms with Gasteiger partial charge in [-0.05, 0) is 80.3 Å². The summed E-state index contributed by atoms with van der Waals surface area (Å²) in [5, 5.41) is 4.06. The van der Waals surface area contributed by atoms with E-state index in [0.29, 0.717) is 36.5 Å². The first-order chi connectivity index (χ1) is 16.1. The zero-order valence-corrected chi connectivity index (χ0v) is 19.1. The van der Waals surface area contributed by atoms with Gasteiger partial charge in [-0.1, -0.05) is 0 Å². The Hall–Kier alpha value is -3.06. The molecule has 174 valence electrons. The van der Waals surface area contributed by atoms with Crippen molar-refractivity contribution in [1.29, 1.82) is 0 Å². The first-order valence-electron chi connectivity index (χ1n) is 11.5. The van der Waals surface area contributed by atoms with Crippen molar-refractivity contribution in [2.24, 2.45) is 5.92 Å². The summed E-state index contributed by atoms with van der Waals surface area (Å²) in [6, 6.07) is 10.1. The second-order valence-electron chi connectivity index (χ2n) is 8.50. The SMILES string of the molecule is CCOC[C@@H](NC(=O)c1ccc(OC)nc1)C1CCC(c2ccnc3ccc(F)cc23)CC1. The molecule has 0 radical (unpaired) electrons. The Morgan fingerprint density at radius 3 is 2.67 bits per heavy atom. The lowest BCUT2D eigenvalue weighted by molar-refractivity contribution is 0.0730. The van der Waals surface area contributed by atoms with Gasteiger partial charge in [0.2, 0.25) is 5.88 Å². The summed E-state index contributed by atoms with van der Waals surface area (Å²) >= 11 is 0. The molecule has 0 unspecified atom stereocenters. The molecule has 0 aliphatic heterocycles. The third-order valence-electron chi connectivity index (χ3n) is 6.54. The number of amides is 1. The van der Waals surface area contributed by atoms with Crippen LogP contribution in [0.25, 0.3) is 10.9 Å². The summed E-state index contributed by atoms with van der Waals surface area (Å²) in [4.78, 5) is 21.3. The lowest BCUT2D eigenvalue weighted by Gasteiger charge is -2.34. The van der Waals surface area contributed by atoms with Crippen LogP contribution in [0.3, 0.4) is 0 Å². The number of nitrogens with one attached hydrogen (secondary N) is 1. The van der Waals surface area contributed by atoms with E-state index in [1.54, 1.807) is 31.4 Å². The number of aromatic nitrogens is 2. The van der Waals surface area contributed by atoms with E-state index >= 15 is 0 Å². The van der Waals surface area contributed by atoms with E-state index in [4.69, 9.17) is 9.47 Å². The van der Waals surface area contributed by atoms with Crippen LogP contribution in [0.2, 0.25) is 0 Å². The zero-order valence-electron chi connectivity index (χ0n) is 19.1. The number of fused-ring (bicyclic) bond motifs is 1.